The summed E-state index contributed by atoms with van der Waals surface area (Å²) in [7, 11) is 0. The van der Waals surface area contributed by atoms with Gasteiger partial charge in [0.05, 0.1) is 0 Å². The molecule has 0 saturated heterocycles. The van der Waals surface area contributed by atoms with Gasteiger partial charge in [-0.2, -0.15) is 0 Å². The van der Waals surface area contributed by atoms with Gasteiger partial charge in [-0.3, -0.25) is 43.2 Å². The molecule has 1 rings (SSSR count). The third kappa shape index (κ3) is 69.8. The van der Waals surface area contributed by atoms with Crippen molar-refractivity contribution in [2.24, 2.45) is 0 Å². The molecule has 750 valence electrons. The van der Waals surface area contributed by atoms with E-state index in [1.54, 1.807) is 18.2 Å². The number of unbranched alkanes of at least 4 members (excludes halogenated alkanes) is 30. The van der Waals surface area contributed by atoms with Crippen molar-refractivity contribution in [2.45, 2.75) is 524 Å². The van der Waals surface area contributed by atoms with Gasteiger partial charge in [0.1, 0.15) is 36.6 Å². The molecule has 0 aromatic heterocycles. The molecule has 1 aromatic carbocycles. The molecule has 1 aromatic rings. The van der Waals surface area contributed by atoms with Crippen molar-refractivity contribution in [2.75, 3.05) is 78.5 Å². The van der Waals surface area contributed by atoms with Crippen molar-refractivity contribution in [1.29, 1.82) is 0 Å². The summed E-state index contributed by atoms with van der Waals surface area (Å²) < 4.78 is 34.4. The van der Waals surface area contributed by atoms with E-state index in [0.29, 0.717) is 58.2 Å². The van der Waals surface area contributed by atoms with Crippen molar-refractivity contribution >= 4 is 53.5 Å². The number of esters is 6. The molecule has 3 amide bonds. The first-order chi connectivity index (χ1) is 62.8. The molecule has 0 spiro atoms. The van der Waals surface area contributed by atoms with Crippen LogP contribution in [0.3, 0.4) is 0 Å². The summed E-state index contributed by atoms with van der Waals surface area (Å²) in [5, 5.41) is 9.55. The summed E-state index contributed by atoms with van der Waals surface area (Å²) in [5.41, 5.74) is 0.776. The van der Waals surface area contributed by atoms with E-state index in [1.165, 1.54) is 0 Å². The monoisotopic (exact) mass is 1820 g/mol. The van der Waals surface area contributed by atoms with Crippen LogP contribution in [0.1, 0.15) is 519 Å². The van der Waals surface area contributed by atoms with Crippen molar-refractivity contribution < 1.29 is 71.6 Å². The quantitative estimate of drug-likeness (QED) is 0.0311. The van der Waals surface area contributed by atoms with Crippen molar-refractivity contribution in [3.05, 3.63) is 34.9 Å². The van der Waals surface area contributed by atoms with Crippen LogP contribution in [0.5, 0.6) is 0 Å². The summed E-state index contributed by atoms with van der Waals surface area (Å²) in [6.07, 6.45) is 58.9. The summed E-state index contributed by atoms with van der Waals surface area (Å²) in [6.45, 7) is 34.6. The Morgan fingerprint density at radius 3 is 0.496 bits per heavy atom. The topological polar surface area (TPSA) is 255 Å². The van der Waals surface area contributed by atoms with Crippen molar-refractivity contribution in [3.8, 4) is 0 Å². The van der Waals surface area contributed by atoms with Gasteiger partial charge in [-0.1, -0.05) is 276 Å². The van der Waals surface area contributed by atoms with Crippen LogP contribution < -0.4 is 16.0 Å². The van der Waals surface area contributed by atoms with E-state index in [4.69, 9.17) is 28.4 Å². The smallest absolute Gasteiger partial charge is 0.306 e. The fourth-order valence-electron chi connectivity index (χ4n) is 17.2. The zero-order valence-corrected chi connectivity index (χ0v) is 85.2. The van der Waals surface area contributed by atoms with Crippen LogP contribution >= 0.6 is 0 Å². The zero-order chi connectivity index (χ0) is 94.6. The predicted octanol–water partition coefficient (Wildman–Crippen LogP) is 26.1. The van der Waals surface area contributed by atoms with Crippen molar-refractivity contribution in [1.82, 2.24) is 30.7 Å². The standard InChI is InChI=1S/C108H198N6O15/c1-13-64-94(19-7)124-100(115)70-49-37-25-31-43-55-79-112(80-56-44-32-26-38-50-71-101(116)125-95(20-8)65-14-2)85-61-76-109-106(121)91-88-92(107(122)110-77-62-86-113(81-57-45-33-27-39-51-72-102(117)126-96(21-9)66-15-3)82-58-46-34-28-40-52-73-103(118)127-97(22-10)67-16-4)90-93(89-91)108(123)111-78-63-87-114(83-59-47-35-29-41-53-74-104(119)128-98(23-11)68-17-5)84-60-48-36-30-42-54-75-105(120)129-99(24-12)69-18-6/h88-90,94-99H,13-87H2,1-12H3,(H,109,121)(H,110,122)(H,111,123). The second-order valence-corrected chi connectivity index (χ2v) is 37.2. The molecule has 6 atom stereocenters. The Morgan fingerprint density at radius 2 is 0.349 bits per heavy atom. The first kappa shape index (κ1) is 121. The third-order valence-electron chi connectivity index (χ3n) is 25.3. The van der Waals surface area contributed by atoms with E-state index in [2.05, 4.69) is 114 Å². The highest BCUT2D eigenvalue weighted by atomic mass is 16.6. The number of rotatable bonds is 93. The van der Waals surface area contributed by atoms with Gasteiger partial charge >= 0.3 is 35.8 Å². The van der Waals surface area contributed by atoms with Crippen LogP contribution in [0, 0.1) is 0 Å². The predicted molar refractivity (Wildman–Crippen MR) is 531 cm³/mol. The molecule has 0 aliphatic carbocycles. The molecule has 0 aliphatic heterocycles. The number of nitrogens with zero attached hydrogens (tertiary/aromatic N) is 3. The SMILES string of the molecule is CCCC(CC)OC(=O)CCCCCCCCN(CCCCCCCCC(=O)OC(CC)CCC)CCCNC(=O)c1cc(C(=O)NCCCN(CCCCCCCCC(=O)OC(CC)CCC)CCCCCCCCC(=O)OC(CC)CCC)cc(C(=O)NCCCN(CCCCCCCCC(=O)OC(CC)CCC)CCCCCCCCC(=O)OC(CC)CCC)c1. The molecule has 0 radical (unpaired) electrons. The summed E-state index contributed by atoms with van der Waals surface area (Å²) in [6, 6.07) is 4.88. The number of carbonyl (C=O) groups excluding carboxylic acids is 9. The number of hydrogen-bond donors (Lipinski definition) is 3. The van der Waals surface area contributed by atoms with Crippen molar-refractivity contribution in [3.63, 3.8) is 0 Å². The Balaban J connectivity index is 3.45. The summed E-state index contributed by atoms with van der Waals surface area (Å²) in [4.78, 5) is 126. The van der Waals surface area contributed by atoms with Gasteiger partial charge in [0, 0.05) is 74.8 Å². The number of ether oxygens (including phenoxy) is 6. The number of hydrogen-bond acceptors (Lipinski definition) is 18. The molecule has 0 saturated carbocycles. The Labute approximate surface area is 789 Å². The van der Waals surface area contributed by atoms with Crippen LogP contribution in [0.2, 0.25) is 0 Å². The molecule has 3 N–H and O–H groups in total. The van der Waals surface area contributed by atoms with Crippen LogP contribution in [-0.2, 0) is 57.2 Å². The van der Waals surface area contributed by atoms with Gasteiger partial charge in [-0.15, -0.1) is 0 Å². The molecular weight excluding hydrogens is 1620 g/mol. The largest absolute Gasteiger partial charge is 0.462 e. The highest BCUT2D eigenvalue weighted by Gasteiger charge is 2.22. The number of benzene rings is 1. The van der Waals surface area contributed by atoms with Gasteiger partial charge in [0.15, 0.2) is 0 Å². The Kier molecular flexibility index (Phi) is 81.3. The summed E-state index contributed by atoms with van der Waals surface area (Å²) >= 11 is 0. The molecule has 21 heteroatoms. The lowest BCUT2D eigenvalue weighted by atomic mass is 10.0. The maximum absolute atomic E-state index is 14.5. The molecule has 21 nitrogen and oxygen atoms in total. The van der Waals surface area contributed by atoms with Gasteiger partial charge in [-0.25, -0.2) is 0 Å². The van der Waals surface area contributed by atoms with Crippen LogP contribution in [0.25, 0.3) is 0 Å². The van der Waals surface area contributed by atoms with Gasteiger partial charge < -0.3 is 59.1 Å². The van der Waals surface area contributed by atoms with E-state index in [0.717, 1.165) is 425 Å². The van der Waals surface area contributed by atoms with Gasteiger partial charge in [0.2, 0.25) is 0 Å². The van der Waals surface area contributed by atoms with E-state index in [9.17, 15) is 43.2 Å². The lowest BCUT2D eigenvalue weighted by Gasteiger charge is -2.23. The molecule has 0 aliphatic rings. The Bertz CT molecular complexity index is 2470. The average molecular weight is 1820 g/mol. The fourth-order valence-corrected chi connectivity index (χ4v) is 17.2. The normalized spacial score (nSPS) is 13.0. The van der Waals surface area contributed by atoms with Gasteiger partial charge in [-0.05, 0) is 250 Å². The number of amides is 3. The minimum Gasteiger partial charge on any atom is -0.462 e. The minimum absolute atomic E-state index is 0.0174. The molecule has 6 unspecified atom stereocenters. The second-order valence-electron chi connectivity index (χ2n) is 37.2. The van der Waals surface area contributed by atoms with E-state index in [1.807, 2.05) is 0 Å². The lowest BCUT2D eigenvalue weighted by Crippen LogP contribution is -2.33. The second kappa shape index (κ2) is 86.4. The van der Waals surface area contributed by atoms with E-state index < -0.39 is 0 Å². The first-order valence-electron chi connectivity index (χ1n) is 54.1. The van der Waals surface area contributed by atoms with E-state index in [-0.39, 0.29) is 107 Å². The molecule has 0 fully saturated rings. The fraction of sp³-hybridized carbons (Fsp3) is 0.861. The highest BCUT2D eigenvalue weighted by Crippen LogP contribution is 2.22. The Morgan fingerprint density at radius 1 is 0.209 bits per heavy atom. The van der Waals surface area contributed by atoms with E-state index >= 15 is 0 Å². The van der Waals surface area contributed by atoms with Crippen LogP contribution in [-0.4, -0.2) is 183 Å². The average Bonchev–Trinajstić information content (AvgIpc) is 0.825. The molecule has 0 heterocycles. The highest BCUT2D eigenvalue weighted by molar-refractivity contribution is 6.04. The molecule has 0 bridgehead atoms. The van der Waals surface area contributed by atoms with Crippen LogP contribution in [0.15, 0.2) is 18.2 Å². The number of nitrogens with one attached hydrogen (secondary N) is 3. The maximum atomic E-state index is 14.5. The maximum Gasteiger partial charge on any atom is 0.306 e. The third-order valence-corrected chi connectivity index (χ3v) is 25.3. The first-order valence-corrected chi connectivity index (χ1v) is 54.1. The molecular formula is C108H198N6O15. The van der Waals surface area contributed by atoms with Gasteiger partial charge in [0.25, 0.3) is 17.7 Å². The minimum atomic E-state index is -0.337. The lowest BCUT2D eigenvalue weighted by molar-refractivity contribution is -0.150. The Hall–Kier alpha value is -5.67. The molecule has 129 heavy (non-hydrogen) atoms. The van der Waals surface area contributed by atoms with Crippen LogP contribution in [0.4, 0.5) is 0 Å². The summed E-state index contributed by atoms with van der Waals surface area (Å²) in [5.74, 6) is -1.49. The zero-order valence-electron chi connectivity index (χ0n) is 85.2. The number of carbonyl (C=O) groups is 9.